The van der Waals surface area contributed by atoms with Crippen molar-refractivity contribution in [1.29, 1.82) is 0 Å². The Kier molecular flexibility index (Phi) is 7.59. The highest BCUT2D eigenvalue weighted by molar-refractivity contribution is 5.94. The fourth-order valence-corrected chi connectivity index (χ4v) is 2.08. The van der Waals surface area contributed by atoms with Gasteiger partial charge in [-0.3, -0.25) is 4.79 Å². The quantitative estimate of drug-likeness (QED) is 0.851. The molecule has 3 N–H and O–H groups in total. The zero-order valence-corrected chi connectivity index (χ0v) is 14.2. The Morgan fingerprint density at radius 1 is 1.09 bits per heavy atom. The molecule has 0 saturated carbocycles. The van der Waals surface area contributed by atoms with Crippen LogP contribution in [0.4, 0.5) is 5.69 Å². The second-order valence-electron chi connectivity index (χ2n) is 5.48. The summed E-state index contributed by atoms with van der Waals surface area (Å²) in [6, 6.07) is 16.5. The molecule has 23 heavy (non-hydrogen) atoms. The molecule has 5 heteroatoms. The molecule has 4 nitrogen and oxygen atoms in total. The van der Waals surface area contributed by atoms with Gasteiger partial charge in [0, 0.05) is 5.69 Å². The van der Waals surface area contributed by atoms with Gasteiger partial charge >= 0.3 is 0 Å². The molecule has 0 radical (unpaired) electrons. The third-order valence-corrected chi connectivity index (χ3v) is 3.13. The summed E-state index contributed by atoms with van der Waals surface area (Å²) in [4.78, 5) is 12.1. The lowest BCUT2D eigenvalue weighted by Gasteiger charge is -2.13. The molecule has 0 aliphatic carbocycles. The van der Waals surface area contributed by atoms with Crippen LogP contribution >= 0.6 is 12.4 Å². The fraction of sp³-hybridized carbons (Fsp3) is 0.278. The van der Waals surface area contributed by atoms with Crippen LogP contribution in [0.1, 0.15) is 19.4 Å². The molecular formula is C18H23ClN2O2. The maximum atomic E-state index is 12.1. The summed E-state index contributed by atoms with van der Waals surface area (Å²) in [5, 5.41) is 2.82. The van der Waals surface area contributed by atoms with Crippen LogP contribution in [0.5, 0.6) is 5.75 Å². The van der Waals surface area contributed by atoms with Gasteiger partial charge in [0.25, 0.3) is 0 Å². The minimum absolute atomic E-state index is 0. The summed E-state index contributed by atoms with van der Waals surface area (Å²) in [5.74, 6) is 0.586. The number of anilines is 1. The molecule has 1 amide bonds. The standard InChI is InChI=1S/C18H22N2O2.ClH/c1-13(2)22-16-10-8-15(9-11-16)20-18(21)17(19)12-14-6-4-3-5-7-14;/h3-11,13,17H,12,19H2,1-2H3,(H,20,21);1H/t17-;/m0./s1. The number of nitrogens with two attached hydrogens (primary N) is 1. The Hall–Kier alpha value is -2.04. The number of ether oxygens (including phenoxy) is 1. The number of hydrogen-bond acceptors (Lipinski definition) is 3. The molecular weight excluding hydrogens is 312 g/mol. The van der Waals surface area contributed by atoms with Crippen LogP contribution in [0, 0.1) is 0 Å². The molecule has 0 aromatic heterocycles. The SMILES string of the molecule is CC(C)Oc1ccc(NC(=O)[C@@H](N)Cc2ccccc2)cc1.Cl. The predicted molar refractivity (Wildman–Crippen MR) is 96.2 cm³/mol. The highest BCUT2D eigenvalue weighted by atomic mass is 35.5. The Bertz CT molecular complexity index is 600. The van der Waals surface area contributed by atoms with Gasteiger partial charge in [-0.05, 0) is 50.1 Å². The number of rotatable bonds is 6. The fourth-order valence-electron chi connectivity index (χ4n) is 2.08. The molecule has 0 spiro atoms. The van der Waals surface area contributed by atoms with Crippen molar-refractivity contribution in [2.75, 3.05) is 5.32 Å². The first-order valence-corrected chi connectivity index (χ1v) is 7.41. The van der Waals surface area contributed by atoms with Gasteiger partial charge in [0.1, 0.15) is 5.75 Å². The molecule has 0 unspecified atom stereocenters. The van der Waals surface area contributed by atoms with Crippen molar-refractivity contribution in [3.8, 4) is 5.75 Å². The van der Waals surface area contributed by atoms with Crippen LogP contribution in [0.25, 0.3) is 0 Å². The molecule has 2 aromatic rings. The van der Waals surface area contributed by atoms with Gasteiger partial charge < -0.3 is 15.8 Å². The summed E-state index contributed by atoms with van der Waals surface area (Å²) < 4.78 is 5.56. The largest absolute Gasteiger partial charge is 0.491 e. The van der Waals surface area contributed by atoms with Crippen molar-refractivity contribution in [2.24, 2.45) is 5.73 Å². The average Bonchev–Trinajstić information content (AvgIpc) is 2.49. The minimum atomic E-state index is -0.575. The van der Waals surface area contributed by atoms with E-state index in [0.29, 0.717) is 12.1 Å². The van der Waals surface area contributed by atoms with Gasteiger partial charge in [-0.15, -0.1) is 12.4 Å². The van der Waals surface area contributed by atoms with Gasteiger partial charge in [-0.1, -0.05) is 30.3 Å². The number of carbonyl (C=O) groups is 1. The minimum Gasteiger partial charge on any atom is -0.491 e. The highest BCUT2D eigenvalue weighted by Gasteiger charge is 2.14. The highest BCUT2D eigenvalue weighted by Crippen LogP contribution is 2.17. The van der Waals surface area contributed by atoms with E-state index in [1.54, 1.807) is 0 Å². The monoisotopic (exact) mass is 334 g/mol. The van der Waals surface area contributed by atoms with Crippen LogP contribution in [-0.4, -0.2) is 18.1 Å². The normalized spacial score (nSPS) is 11.5. The van der Waals surface area contributed by atoms with Crippen molar-refractivity contribution >= 4 is 24.0 Å². The van der Waals surface area contributed by atoms with Gasteiger partial charge in [0.05, 0.1) is 12.1 Å². The first kappa shape index (κ1) is 19.0. The molecule has 0 aliphatic rings. The zero-order valence-electron chi connectivity index (χ0n) is 13.4. The lowest BCUT2D eigenvalue weighted by atomic mass is 10.1. The van der Waals surface area contributed by atoms with Crippen molar-refractivity contribution in [3.63, 3.8) is 0 Å². The second-order valence-corrected chi connectivity index (χ2v) is 5.48. The van der Waals surface area contributed by atoms with Crippen LogP contribution in [0.2, 0.25) is 0 Å². The molecule has 2 rings (SSSR count). The number of carbonyl (C=O) groups excluding carboxylic acids is 1. The molecule has 0 saturated heterocycles. The Morgan fingerprint density at radius 2 is 1.70 bits per heavy atom. The predicted octanol–water partition coefficient (Wildman–Crippen LogP) is 3.40. The van der Waals surface area contributed by atoms with Crippen LogP contribution in [0.3, 0.4) is 0 Å². The third kappa shape index (κ3) is 6.30. The van der Waals surface area contributed by atoms with E-state index in [1.807, 2.05) is 68.4 Å². The van der Waals surface area contributed by atoms with Gasteiger partial charge in [-0.25, -0.2) is 0 Å². The smallest absolute Gasteiger partial charge is 0.241 e. The maximum Gasteiger partial charge on any atom is 0.241 e. The second kappa shape index (κ2) is 9.18. The van der Waals surface area contributed by atoms with E-state index in [4.69, 9.17) is 10.5 Å². The number of hydrogen-bond donors (Lipinski definition) is 2. The van der Waals surface area contributed by atoms with Crippen LogP contribution < -0.4 is 15.8 Å². The molecule has 0 aliphatic heterocycles. The van der Waals surface area contributed by atoms with Gasteiger partial charge in [-0.2, -0.15) is 0 Å². The van der Waals surface area contributed by atoms with E-state index in [-0.39, 0.29) is 24.4 Å². The maximum absolute atomic E-state index is 12.1. The summed E-state index contributed by atoms with van der Waals surface area (Å²) in [5.41, 5.74) is 7.72. The van der Waals surface area contributed by atoms with Crippen molar-refractivity contribution in [3.05, 3.63) is 60.2 Å². The van der Waals surface area contributed by atoms with Crippen LogP contribution in [-0.2, 0) is 11.2 Å². The number of amides is 1. The average molecular weight is 335 g/mol. The number of benzene rings is 2. The van der Waals surface area contributed by atoms with E-state index in [1.165, 1.54) is 0 Å². The summed E-state index contributed by atoms with van der Waals surface area (Å²) in [6.45, 7) is 3.94. The zero-order chi connectivity index (χ0) is 15.9. The molecule has 2 aromatic carbocycles. The van der Waals surface area contributed by atoms with Gasteiger partial charge in [0.15, 0.2) is 0 Å². The van der Waals surface area contributed by atoms with E-state index < -0.39 is 6.04 Å². The Morgan fingerprint density at radius 3 is 2.26 bits per heavy atom. The first-order valence-electron chi connectivity index (χ1n) is 7.41. The molecule has 1 atom stereocenters. The summed E-state index contributed by atoms with van der Waals surface area (Å²) in [7, 11) is 0. The lowest BCUT2D eigenvalue weighted by molar-refractivity contribution is -0.117. The van der Waals surface area contributed by atoms with Gasteiger partial charge in [0.2, 0.25) is 5.91 Å². The Labute approximate surface area is 143 Å². The van der Waals surface area contributed by atoms with E-state index in [2.05, 4.69) is 5.32 Å². The number of nitrogens with one attached hydrogen (secondary N) is 1. The lowest BCUT2D eigenvalue weighted by Crippen LogP contribution is -2.37. The molecule has 0 heterocycles. The molecule has 0 bridgehead atoms. The van der Waals surface area contributed by atoms with Crippen molar-refractivity contribution in [1.82, 2.24) is 0 Å². The van der Waals surface area contributed by atoms with Crippen LogP contribution in [0.15, 0.2) is 54.6 Å². The summed E-state index contributed by atoms with van der Waals surface area (Å²) >= 11 is 0. The Balaban J connectivity index is 0.00000264. The topological polar surface area (TPSA) is 64.3 Å². The van der Waals surface area contributed by atoms with E-state index in [0.717, 1.165) is 11.3 Å². The van der Waals surface area contributed by atoms with Crippen molar-refractivity contribution < 1.29 is 9.53 Å². The summed E-state index contributed by atoms with van der Waals surface area (Å²) in [6.07, 6.45) is 0.640. The molecule has 124 valence electrons. The number of halogens is 1. The first-order chi connectivity index (χ1) is 10.5. The van der Waals surface area contributed by atoms with E-state index >= 15 is 0 Å². The molecule has 0 fully saturated rings. The van der Waals surface area contributed by atoms with E-state index in [9.17, 15) is 4.79 Å². The third-order valence-electron chi connectivity index (χ3n) is 3.13. The van der Waals surface area contributed by atoms with Crippen molar-refractivity contribution in [2.45, 2.75) is 32.4 Å².